The fourth-order valence-electron chi connectivity index (χ4n) is 3.70. The molecule has 21 heavy (non-hydrogen) atoms. The molecule has 1 spiro atoms. The van der Waals surface area contributed by atoms with Crippen LogP contribution in [0.2, 0.25) is 0 Å². The number of piperidine rings is 1. The largest absolute Gasteiger partial charge is 0.390 e. The summed E-state index contributed by atoms with van der Waals surface area (Å²) in [5.41, 5.74) is 1.20. The quantitative estimate of drug-likeness (QED) is 0.925. The van der Waals surface area contributed by atoms with Crippen LogP contribution in [-0.4, -0.2) is 48.0 Å². The monoisotopic (exact) mass is 289 g/mol. The molecule has 116 valence electrons. The molecule has 0 aromatic heterocycles. The van der Waals surface area contributed by atoms with Crippen LogP contribution in [0.15, 0.2) is 30.3 Å². The molecule has 3 heteroatoms. The van der Waals surface area contributed by atoms with Crippen LogP contribution in [0.25, 0.3) is 0 Å². The average Bonchev–Trinajstić information content (AvgIpc) is 2.53. The summed E-state index contributed by atoms with van der Waals surface area (Å²) in [5, 5.41) is 10.3. The second-order valence-corrected chi connectivity index (χ2v) is 6.50. The first kappa shape index (κ1) is 15.0. The van der Waals surface area contributed by atoms with Gasteiger partial charge in [-0.05, 0) is 50.6 Å². The van der Waals surface area contributed by atoms with Crippen molar-refractivity contribution in [3.8, 4) is 0 Å². The number of aliphatic hydroxyl groups excluding tert-OH is 1. The number of hydrogen-bond donors (Lipinski definition) is 1. The maximum Gasteiger partial charge on any atom is 0.0964 e. The Bertz CT molecular complexity index is 426. The molecule has 1 aromatic rings. The van der Waals surface area contributed by atoms with Crippen molar-refractivity contribution in [3.63, 3.8) is 0 Å². The van der Waals surface area contributed by atoms with Gasteiger partial charge in [0.25, 0.3) is 0 Å². The molecule has 1 atom stereocenters. The smallest absolute Gasteiger partial charge is 0.0964 e. The third-order valence-corrected chi connectivity index (χ3v) is 5.10. The van der Waals surface area contributed by atoms with Crippen LogP contribution in [0, 0.1) is 0 Å². The summed E-state index contributed by atoms with van der Waals surface area (Å²) in [4.78, 5) is 2.53. The van der Waals surface area contributed by atoms with Crippen molar-refractivity contribution in [3.05, 3.63) is 35.9 Å². The normalized spacial score (nSPS) is 26.0. The van der Waals surface area contributed by atoms with Crippen molar-refractivity contribution in [2.24, 2.45) is 0 Å². The van der Waals surface area contributed by atoms with Crippen molar-refractivity contribution in [1.82, 2.24) is 4.90 Å². The van der Waals surface area contributed by atoms with E-state index >= 15 is 0 Å². The van der Waals surface area contributed by atoms with Gasteiger partial charge in [-0.1, -0.05) is 30.3 Å². The fourth-order valence-corrected chi connectivity index (χ4v) is 3.70. The lowest BCUT2D eigenvalue weighted by Gasteiger charge is -2.46. The summed E-state index contributed by atoms with van der Waals surface area (Å²) in [6, 6.07) is 10.7. The summed E-state index contributed by atoms with van der Waals surface area (Å²) < 4.78 is 5.96. The summed E-state index contributed by atoms with van der Waals surface area (Å²) >= 11 is 0. The van der Waals surface area contributed by atoms with E-state index in [4.69, 9.17) is 4.74 Å². The minimum atomic E-state index is -0.252. The first-order valence-electron chi connectivity index (χ1n) is 8.37. The molecule has 0 radical (unpaired) electrons. The number of benzene rings is 1. The van der Waals surface area contributed by atoms with Crippen molar-refractivity contribution >= 4 is 0 Å². The Morgan fingerprint density at radius 1 is 1.19 bits per heavy atom. The topological polar surface area (TPSA) is 32.7 Å². The molecular weight excluding hydrogens is 262 g/mol. The van der Waals surface area contributed by atoms with Crippen LogP contribution in [0.3, 0.4) is 0 Å². The van der Waals surface area contributed by atoms with Crippen molar-refractivity contribution in [2.45, 2.75) is 50.2 Å². The molecule has 0 saturated carbocycles. The number of nitrogens with zero attached hydrogens (tertiary/aromatic N) is 1. The lowest BCUT2D eigenvalue weighted by Crippen LogP contribution is -2.55. The van der Waals surface area contributed by atoms with E-state index in [1.165, 1.54) is 12.0 Å². The number of ether oxygens (including phenoxy) is 1. The first-order valence-corrected chi connectivity index (χ1v) is 8.37. The Labute approximate surface area is 127 Å². The zero-order valence-corrected chi connectivity index (χ0v) is 12.8. The van der Waals surface area contributed by atoms with Crippen LogP contribution in [-0.2, 0) is 11.2 Å². The lowest BCUT2D eigenvalue weighted by molar-refractivity contribution is -0.176. The summed E-state index contributed by atoms with van der Waals surface area (Å²) in [7, 11) is 0. The molecule has 2 heterocycles. The molecule has 0 bridgehead atoms. The van der Waals surface area contributed by atoms with E-state index in [1.807, 2.05) is 0 Å². The van der Waals surface area contributed by atoms with Crippen molar-refractivity contribution in [1.29, 1.82) is 0 Å². The third-order valence-electron chi connectivity index (χ3n) is 5.10. The Morgan fingerprint density at radius 3 is 2.67 bits per heavy atom. The highest BCUT2D eigenvalue weighted by Crippen LogP contribution is 2.35. The molecule has 3 rings (SSSR count). The van der Waals surface area contributed by atoms with E-state index in [9.17, 15) is 5.11 Å². The van der Waals surface area contributed by atoms with E-state index in [1.54, 1.807) is 0 Å². The molecule has 0 unspecified atom stereocenters. The number of likely N-dealkylation sites (tertiary alicyclic amines) is 1. The zero-order valence-electron chi connectivity index (χ0n) is 12.8. The van der Waals surface area contributed by atoms with Gasteiger partial charge >= 0.3 is 0 Å². The molecule has 1 N–H and O–H groups in total. The molecule has 2 saturated heterocycles. The van der Waals surface area contributed by atoms with E-state index in [0.717, 1.165) is 58.3 Å². The molecule has 2 aliphatic heterocycles. The Balaban J connectivity index is 1.41. The van der Waals surface area contributed by atoms with Crippen molar-refractivity contribution < 1.29 is 9.84 Å². The van der Waals surface area contributed by atoms with Gasteiger partial charge in [0, 0.05) is 19.7 Å². The minimum Gasteiger partial charge on any atom is -0.390 e. The fraction of sp³-hybridized carbons (Fsp3) is 0.667. The molecule has 3 nitrogen and oxygen atoms in total. The highest BCUT2D eigenvalue weighted by Gasteiger charge is 2.43. The molecule has 0 aliphatic carbocycles. The molecule has 2 fully saturated rings. The van der Waals surface area contributed by atoms with Gasteiger partial charge in [-0.2, -0.15) is 0 Å². The third kappa shape index (κ3) is 3.65. The predicted molar refractivity (Wildman–Crippen MR) is 84.4 cm³/mol. The molecule has 1 aromatic carbocycles. The maximum atomic E-state index is 10.3. The van der Waals surface area contributed by atoms with Gasteiger partial charge < -0.3 is 14.7 Å². The highest BCUT2D eigenvalue weighted by molar-refractivity contribution is 5.14. The zero-order chi connectivity index (χ0) is 14.5. The first-order chi connectivity index (χ1) is 10.3. The second-order valence-electron chi connectivity index (χ2n) is 6.50. The summed E-state index contributed by atoms with van der Waals surface area (Å²) in [6.45, 7) is 4.10. The molecular formula is C18H27NO2. The van der Waals surface area contributed by atoms with Crippen LogP contribution >= 0.6 is 0 Å². The van der Waals surface area contributed by atoms with Gasteiger partial charge in [0.15, 0.2) is 0 Å². The second kappa shape index (κ2) is 6.91. The van der Waals surface area contributed by atoms with E-state index in [2.05, 4.69) is 35.2 Å². The van der Waals surface area contributed by atoms with Gasteiger partial charge in [0.2, 0.25) is 0 Å². The Kier molecular flexibility index (Phi) is 4.94. The molecule has 0 amide bonds. The number of aliphatic hydroxyl groups is 1. The van der Waals surface area contributed by atoms with E-state index in [-0.39, 0.29) is 11.7 Å². The molecule has 2 aliphatic rings. The van der Waals surface area contributed by atoms with Gasteiger partial charge in [-0.15, -0.1) is 0 Å². The maximum absolute atomic E-state index is 10.3. The summed E-state index contributed by atoms with van der Waals surface area (Å²) in [5.74, 6) is 0. The van der Waals surface area contributed by atoms with Crippen LogP contribution < -0.4 is 0 Å². The van der Waals surface area contributed by atoms with Gasteiger partial charge in [0.1, 0.15) is 0 Å². The number of hydrogen-bond acceptors (Lipinski definition) is 3. The average molecular weight is 289 g/mol. The van der Waals surface area contributed by atoms with Crippen LogP contribution in [0.4, 0.5) is 0 Å². The standard InChI is InChI=1S/C18H27NO2/c20-17-9-5-15-21-18(17)10-13-19(14-11-18)12-4-8-16-6-2-1-3-7-16/h1-3,6-7,17,20H,4-5,8-15H2/t17-/m0/s1. The van der Waals surface area contributed by atoms with Crippen LogP contribution in [0.1, 0.15) is 37.7 Å². The highest BCUT2D eigenvalue weighted by atomic mass is 16.5. The van der Waals surface area contributed by atoms with Crippen molar-refractivity contribution in [2.75, 3.05) is 26.2 Å². The minimum absolute atomic E-state index is 0.228. The van der Waals surface area contributed by atoms with Gasteiger partial charge in [-0.25, -0.2) is 0 Å². The van der Waals surface area contributed by atoms with Gasteiger partial charge in [0.05, 0.1) is 11.7 Å². The van der Waals surface area contributed by atoms with E-state index < -0.39 is 0 Å². The van der Waals surface area contributed by atoms with Crippen LogP contribution in [0.5, 0.6) is 0 Å². The van der Waals surface area contributed by atoms with E-state index in [0.29, 0.717) is 0 Å². The summed E-state index contributed by atoms with van der Waals surface area (Å²) in [6.07, 6.45) is 6.00. The van der Waals surface area contributed by atoms with Gasteiger partial charge in [-0.3, -0.25) is 0 Å². The lowest BCUT2D eigenvalue weighted by atomic mass is 9.82. The Morgan fingerprint density at radius 2 is 1.95 bits per heavy atom. The predicted octanol–water partition coefficient (Wildman–Crippen LogP) is 2.63. The Hall–Kier alpha value is -0.900. The number of rotatable bonds is 4. The SMILES string of the molecule is O[C@H]1CCCOC12CCN(CCCc1ccccc1)CC2. The number of aryl methyl sites for hydroxylation is 1.